The van der Waals surface area contributed by atoms with Crippen LogP contribution in [0.3, 0.4) is 0 Å². The van der Waals surface area contributed by atoms with Gasteiger partial charge in [0.05, 0.1) is 5.69 Å². The molecule has 2 atom stereocenters. The molecule has 0 aliphatic heterocycles. The Bertz CT molecular complexity index is 453. The van der Waals surface area contributed by atoms with Crippen molar-refractivity contribution in [3.8, 4) is 0 Å². The second-order valence-electron chi connectivity index (χ2n) is 5.70. The summed E-state index contributed by atoms with van der Waals surface area (Å²) in [7, 11) is 0. The molecule has 1 amide bonds. The number of carbonyl (C=O) groups is 1. The van der Waals surface area contributed by atoms with Crippen LogP contribution in [-0.4, -0.2) is 16.9 Å². The van der Waals surface area contributed by atoms with E-state index in [9.17, 15) is 4.79 Å². The van der Waals surface area contributed by atoms with Crippen molar-refractivity contribution < 1.29 is 4.79 Å². The summed E-state index contributed by atoms with van der Waals surface area (Å²) >= 11 is 1.65. The molecule has 0 saturated heterocycles. The van der Waals surface area contributed by atoms with E-state index < -0.39 is 0 Å². The molecule has 20 heavy (non-hydrogen) atoms. The highest BCUT2D eigenvalue weighted by molar-refractivity contribution is 7.15. The monoisotopic (exact) mass is 315 g/mol. The lowest BCUT2D eigenvalue weighted by molar-refractivity contribution is -0.117. The van der Waals surface area contributed by atoms with Crippen LogP contribution in [0.2, 0.25) is 0 Å². The molecule has 3 N–H and O–H groups in total. The van der Waals surface area contributed by atoms with Crippen molar-refractivity contribution in [2.45, 2.75) is 57.4 Å². The smallest absolute Gasteiger partial charge is 0.226 e. The molecule has 0 spiro atoms. The zero-order chi connectivity index (χ0) is 13.2. The van der Waals surface area contributed by atoms with Gasteiger partial charge in [-0.05, 0) is 44.4 Å². The standard InChI is InChI=1S/C14H21N3OS.ClH/c15-10-5-3-4-9(10)8-13(18)17-14-16-11-6-1-2-7-12(11)19-14;/h9-10H,1-8,15H2,(H,16,17,18);1H/t9-,10+;/m0./s1. The molecule has 2 aliphatic rings. The van der Waals surface area contributed by atoms with Crippen molar-refractivity contribution in [2.75, 3.05) is 5.32 Å². The highest BCUT2D eigenvalue weighted by Crippen LogP contribution is 2.31. The molecule has 1 saturated carbocycles. The number of nitrogens with zero attached hydrogens (tertiary/aromatic N) is 1. The summed E-state index contributed by atoms with van der Waals surface area (Å²) in [6.07, 6.45) is 8.51. The van der Waals surface area contributed by atoms with Gasteiger partial charge in [-0.15, -0.1) is 23.7 Å². The predicted octanol–water partition coefficient (Wildman–Crippen LogP) is 2.90. The summed E-state index contributed by atoms with van der Waals surface area (Å²) in [4.78, 5) is 17.9. The summed E-state index contributed by atoms with van der Waals surface area (Å²) in [5.41, 5.74) is 7.21. The maximum atomic E-state index is 12.0. The number of aromatic nitrogens is 1. The molecule has 6 heteroatoms. The first-order chi connectivity index (χ1) is 9.22. The maximum Gasteiger partial charge on any atom is 0.226 e. The van der Waals surface area contributed by atoms with E-state index in [1.807, 2.05) is 0 Å². The molecular weight excluding hydrogens is 294 g/mol. The molecule has 3 rings (SSSR count). The van der Waals surface area contributed by atoms with E-state index in [1.54, 1.807) is 11.3 Å². The number of thiazole rings is 1. The number of fused-ring (bicyclic) bond motifs is 1. The van der Waals surface area contributed by atoms with Crippen LogP contribution < -0.4 is 11.1 Å². The Labute approximate surface area is 129 Å². The van der Waals surface area contributed by atoms with Crippen molar-refractivity contribution in [3.63, 3.8) is 0 Å². The first kappa shape index (κ1) is 15.7. The Morgan fingerprint density at radius 3 is 2.80 bits per heavy atom. The Morgan fingerprint density at radius 1 is 1.30 bits per heavy atom. The first-order valence-electron chi connectivity index (χ1n) is 7.26. The van der Waals surface area contributed by atoms with Crippen LogP contribution in [0.4, 0.5) is 5.13 Å². The number of rotatable bonds is 3. The molecule has 2 aliphatic carbocycles. The van der Waals surface area contributed by atoms with Crippen molar-refractivity contribution in [1.82, 2.24) is 4.98 Å². The average Bonchev–Trinajstić information content (AvgIpc) is 2.95. The fraction of sp³-hybridized carbons (Fsp3) is 0.714. The highest BCUT2D eigenvalue weighted by atomic mass is 35.5. The number of hydrogen-bond acceptors (Lipinski definition) is 4. The third-order valence-electron chi connectivity index (χ3n) is 4.26. The van der Waals surface area contributed by atoms with Crippen LogP contribution in [0.15, 0.2) is 0 Å². The zero-order valence-electron chi connectivity index (χ0n) is 11.6. The number of nitrogens with one attached hydrogen (secondary N) is 1. The molecular formula is C14H22ClN3OS. The molecule has 1 aromatic rings. The number of amides is 1. The average molecular weight is 316 g/mol. The van der Waals surface area contributed by atoms with E-state index in [0.29, 0.717) is 12.3 Å². The fourth-order valence-electron chi connectivity index (χ4n) is 3.13. The van der Waals surface area contributed by atoms with Crippen LogP contribution >= 0.6 is 23.7 Å². The summed E-state index contributed by atoms with van der Waals surface area (Å²) in [6, 6.07) is 0.204. The minimum atomic E-state index is 0. The first-order valence-corrected chi connectivity index (χ1v) is 8.08. The Balaban J connectivity index is 0.00000147. The fourth-order valence-corrected chi connectivity index (χ4v) is 4.20. The van der Waals surface area contributed by atoms with Crippen molar-refractivity contribution in [2.24, 2.45) is 11.7 Å². The van der Waals surface area contributed by atoms with E-state index in [-0.39, 0.29) is 24.4 Å². The lowest BCUT2D eigenvalue weighted by atomic mass is 10.00. The lowest BCUT2D eigenvalue weighted by Crippen LogP contribution is -2.28. The van der Waals surface area contributed by atoms with Gasteiger partial charge in [0.1, 0.15) is 0 Å². The van der Waals surface area contributed by atoms with E-state index in [4.69, 9.17) is 5.73 Å². The number of nitrogens with two attached hydrogens (primary N) is 1. The molecule has 4 nitrogen and oxygen atoms in total. The van der Waals surface area contributed by atoms with Gasteiger partial charge in [-0.25, -0.2) is 4.98 Å². The third-order valence-corrected chi connectivity index (χ3v) is 5.33. The van der Waals surface area contributed by atoms with Crippen LogP contribution in [0.25, 0.3) is 0 Å². The molecule has 1 aromatic heterocycles. The molecule has 112 valence electrons. The van der Waals surface area contributed by atoms with Gasteiger partial charge in [-0.3, -0.25) is 4.79 Å². The Kier molecular flexibility index (Phi) is 5.41. The van der Waals surface area contributed by atoms with E-state index >= 15 is 0 Å². The second-order valence-corrected chi connectivity index (χ2v) is 6.79. The van der Waals surface area contributed by atoms with Crippen LogP contribution in [0, 0.1) is 5.92 Å². The summed E-state index contributed by atoms with van der Waals surface area (Å²) in [5.74, 6) is 0.433. The minimum absolute atomic E-state index is 0. The third kappa shape index (κ3) is 3.51. The van der Waals surface area contributed by atoms with Gasteiger partial charge in [0.15, 0.2) is 5.13 Å². The Morgan fingerprint density at radius 2 is 2.10 bits per heavy atom. The van der Waals surface area contributed by atoms with Crippen molar-refractivity contribution in [1.29, 1.82) is 0 Å². The normalized spacial score (nSPS) is 24.9. The van der Waals surface area contributed by atoms with E-state index in [1.165, 1.54) is 23.4 Å². The second kappa shape index (κ2) is 6.87. The SMILES string of the molecule is Cl.N[C@@H]1CCC[C@H]1CC(=O)Nc1nc2c(s1)CCCC2. The number of aryl methyl sites for hydroxylation is 2. The number of carbonyl (C=O) groups excluding carboxylic acids is 1. The quantitative estimate of drug-likeness (QED) is 0.901. The van der Waals surface area contributed by atoms with E-state index in [0.717, 1.165) is 37.2 Å². The summed E-state index contributed by atoms with van der Waals surface area (Å²) in [5, 5.41) is 3.74. The molecule has 0 bridgehead atoms. The zero-order valence-corrected chi connectivity index (χ0v) is 13.2. The summed E-state index contributed by atoms with van der Waals surface area (Å²) < 4.78 is 0. The maximum absolute atomic E-state index is 12.0. The van der Waals surface area contributed by atoms with Gasteiger partial charge in [0, 0.05) is 17.3 Å². The van der Waals surface area contributed by atoms with Crippen LogP contribution in [0.5, 0.6) is 0 Å². The molecule has 1 heterocycles. The van der Waals surface area contributed by atoms with Gasteiger partial charge in [0.2, 0.25) is 5.91 Å². The summed E-state index contributed by atoms with van der Waals surface area (Å²) in [6.45, 7) is 0. The van der Waals surface area contributed by atoms with Gasteiger partial charge >= 0.3 is 0 Å². The van der Waals surface area contributed by atoms with Gasteiger partial charge in [-0.2, -0.15) is 0 Å². The van der Waals surface area contributed by atoms with E-state index in [2.05, 4.69) is 10.3 Å². The van der Waals surface area contributed by atoms with Gasteiger partial charge < -0.3 is 11.1 Å². The van der Waals surface area contributed by atoms with Crippen molar-refractivity contribution in [3.05, 3.63) is 10.6 Å². The van der Waals surface area contributed by atoms with Crippen LogP contribution in [0.1, 0.15) is 49.1 Å². The lowest BCUT2D eigenvalue weighted by Gasteiger charge is -2.13. The number of hydrogen-bond donors (Lipinski definition) is 2. The molecule has 0 unspecified atom stereocenters. The minimum Gasteiger partial charge on any atom is -0.327 e. The van der Waals surface area contributed by atoms with Gasteiger partial charge in [-0.1, -0.05) is 6.42 Å². The molecule has 1 fully saturated rings. The van der Waals surface area contributed by atoms with Crippen molar-refractivity contribution >= 4 is 34.8 Å². The number of anilines is 1. The highest BCUT2D eigenvalue weighted by Gasteiger charge is 2.26. The number of halogens is 1. The predicted molar refractivity (Wildman–Crippen MR) is 84.6 cm³/mol. The van der Waals surface area contributed by atoms with Gasteiger partial charge in [0.25, 0.3) is 0 Å². The van der Waals surface area contributed by atoms with Crippen LogP contribution in [-0.2, 0) is 17.6 Å². The largest absolute Gasteiger partial charge is 0.327 e. The Hall–Kier alpha value is -0.650. The topological polar surface area (TPSA) is 68.0 Å². The molecule has 0 radical (unpaired) electrons. The molecule has 0 aromatic carbocycles.